The largest absolute Gasteiger partial charge is 0.455 e. The molecule has 1 heterocycles. The SMILES string of the molecule is [2H]c1c([2H])c(-c2c3c([2H])c([2H])c([2H])c([2H])c3c(-c3cccc4c3oc3c([2H])c([2H])c([2H])c([2H])c34)c3c([2H])c([2H])c([2H])c([2H])c23)c([2H])c([2H])c1-c1c([2H])c([2H])c([2H])c2c([2H])c([2H])c([2H])c([2H])c12. The van der Waals surface area contributed by atoms with Gasteiger partial charge in [0.2, 0.25) is 0 Å². The summed E-state index contributed by atoms with van der Waals surface area (Å²) in [6.07, 6.45) is 0. The number of hydrogen-bond acceptors (Lipinski definition) is 1. The van der Waals surface area contributed by atoms with Gasteiger partial charge in [0.1, 0.15) is 11.2 Å². The normalized spacial score (nSPS) is 19.2. The summed E-state index contributed by atoms with van der Waals surface area (Å²) in [5.74, 6) is 0. The Morgan fingerprint density at radius 1 is 0.395 bits per heavy atom. The molecule has 43 heavy (non-hydrogen) atoms. The molecule has 0 N–H and O–H groups in total. The molecule has 200 valence electrons. The molecule has 8 aromatic carbocycles. The lowest BCUT2D eigenvalue weighted by Crippen LogP contribution is -1.91. The van der Waals surface area contributed by atoms with E-state index in [0.717, 1.165) is 0 Å². The van der Waals surface area contributed by atoms with E-state index >= 15 is 0 Å². The van der Waals surface area contributed by atoms with Crippen LogP contribution in [0, 0.1) is 0 Å². The zero-order chi connectivity index (χ0) is 48.3. The second kappa shape index (κ2) is 9.44. The Balaban J connectivity index is 1.54. The molecule has 0 unspecified atom stereocenters. The van der Waals surface area contributed by atoms with Crippen molar-refractivity contribution in [3.8, 4) is 33.4 Å². The first-order valence-corrected chi connectivity index (χ1v) is 12.9. The Kier molecular flexibility index (Phi) is 2.32. The highest BCUT2D eigenvalue weighted by atomic mass is 16.3. The van der Waals surface area contributed by atoms with E-state index in [1.807, 2.05) is 0 Å². The fourth-order valence-corrected chi connectivity index (χ4v) is 5.42. The lowest BCUT2D eigenvalue weighted by Gasteiger charge is -2.18. The van der Waals surface area contributed by atoms with Crippen molar-refractivity contribution in [2.45, 2.75) is 0 Å². The topological polar surface area (TPSA) is 13.1 Å². The Morgan fingerprint density at radius 3 is 1.67 bits per heavy atom. The minimum atomic E-state index is -0.987. The summed E-state index contributed by atoms with van der Waals surface area (Å²) in [5, 5.41) is -2.97. The molecule has 0 aliphatic rings. The first-order chi connectivity index (χ1) is 30.9. The summed E-state index contributed by atoms with van der Waals surface area (Å²) in [7, 11) is 0. The summed E-state index contributed by atoms with van der Waals surface area (Å²) in [5.41, 5.74) is -3.52. The van der Waals surface area contributed by atoms with Crippen LogP contribution in [-0.4, -0.2) is 0 Å². The molecule has 9 aromatic rings. The second-order valence-electron chi connectivity index (χ2n) is 9.49. The van der Waals surface area contributed by atoms with Crippen LogP contribution in [0.3, 0.4) is 0 Å². The number of rotatable bonds is 3. The Hall–Kier alpha value is -5.66. The van der Waals surface area contributed by atoms with Gasteiger partial charge in [-0.15, -0.1) is 0 Å². The first kappa shape index (κ1) is 10.6. The highest BCUT2D eigenvalue weighted by molar-refractivity contribution is 6.24. The number of para-hydroxylation sites is 2. The third-order valence-electron chi connectivity index (χ3n) is 7.22. The van der Waals surface area contributed by atoms with Crippen LogP contribution in [0.4, 0.5) is 0 Å². The van der Waals surface area contributed by atoms with Gasteiger partial charge in [-0.2, -0.15) is 0 Å². The lowest BCUT2D eigenvalue weighted by molar-refractivity contribution is 0.670. The molecule has 0 fully saturated rings. The summed E-state index contributed by atoms with van der Waals surface area (Å²) in [4.78, 5) is 0. The predicted molar refractivity (Wildman–Crippen MR) is 183 cm³/mol. The summed E-state index contributed by atoms with van der Waals surface area (Å²) >= 11 is 0. The van der Waals surface area contributed by atoms with Crippen molar-refractivity contribution >= 4 is 54.3 Å². The van der Waals surface area contributed by atoms with Crippen LogP contribution < -0.4 is 0 Å². The maximum Gasteiger partial charge on any atom is 0.143 e. The molecule has 0 bridgehead atoms. The average Bonchev–Trinajstić information content (AvgIpc) is 3.70. The van der Waals surface area contributed by atoms with Crippen LogP contribution in [-0.2, 0) is 0 Å². The Labute approximate surface area is 281 Å². The van der Waals surface area contributed by atoms with Gasteiger partial charge in [-0.1, -0.05) is 151 Å². The number of furan rings is 1. The molecular weight excluding hydrogens is 520 g/mol. The fraction of sp³-hybridized carbons (Fsp3) is 0. The molecule has 0 aliphatic heterocycles. The molecular formula is C42H26O. The molecule has 1 heteroatoms. The summed E-state index contributed by atoms with van der Waals surface area (Å²) < 4.78 is 210. The van der Waals surface area contributed by atoms with Crippen molar-refractivity contribution < 1.29 is 35.9 Å². The monoisotopic (exact) mass is 569 g/mol. The van der Waals surface area contributed by atoms with Gasteiger partial charge < -0.3 is 4.42 Å². The van der Waals surface area contributed by atoms with E-state index in [1.54, 1.807) is 0 Å². The van der Waals surface area contributed by atoms with Crippen LogP contribution >= 0.6 is 0 Å². The van der Waals surface area contributed by atoms with E-state index < -0.39 is 194 Å². The van der Waals surface area contributed by atoms with E-state index in [0.29, 0.717) is 0 Å². The van der Waals surface area contributed by atoms with Gasteiger partial charge in [-0.25, -0.2) is 0 Å². The minimum absolute atomic E-state index is 0.0512. The molecule has 9 rings (SSSR count). The molecule has 0 aliphatic carbocycles. The molecule has 0 spiro atoms. The van der Waals surface area contributed by atoms with Crippen LogP contribution in [0.2, 0.25) is 0 Å². The van der Waals surface area contributed by atoms with Crippen molar-refractivity contribution in [1.29, 1.82) is 0 Å². The smallest absolute Gasteiger partial charge is 0.143 e. The van der Waals surface area contributed by atoms with E-state index in [4.69, 9.17) is 25.0 Å². The highest BCUT2D eigenvalue weighted by Gasteiger charge is 2.20. The van der Waals surface area contributed by atoms with Gasteiger partial charge >= 0.3 is 0 Å². The second-order valence-corrected chi connectivity index (χ2v) is 9.49. The molecule has 1 aromatic heterocycles. The zero-order valence-electron chi connectivity index (χ0n) is 44.6. The maximum atomic E-state index is 9.51. The molecule has 0 radical (unpaired) electrons. The van der Waals surface area contributed by atoms with Gasteiger partial charge in [0.25, 0.3) is 0 Å². The van der Waals surface area contributed by atoms with Gasteiger partial charge in [0.15, 0.2) is 0 Å². The van der Waals surface area contributed by atoms with E-state index in [1.165, 1.54) is 18.2 Å². The third-order valence-corrected chi connectivity index (χ3v) is 7.22. The van der Waals surface area contributed by atoms with Crippen LogP contribution in [0.15, 0.2) is 162 Å². The van der Waals surface area contributed by atoms with Crippen molar-refractivity contribution in [3.63, 3.8) is 0 Å². The average molecular weight is 570 g/mol. The van der Waals surface area contributed by atoms with Gasteiger partial charge in [-0.3, -0.25) is 0 Å². The third kappa shape index (κ3) is 3.65. The van der Waals surface area contributed by atoms with E-state index in [9.17, 15) is 11.0 Å². The molecule has 0 saturated carbocycles. The van der Waals surface area contributed by atoms with Crippen molar-refractivity contribution in [2.75, 3.05) is 0 Å². The van der Waals surface area contributed by atoms with Crippen molar-refractivity contribution in [3.05, 3.63) is 157 Å². The Bertz CT molecular complexity index is 3680. The molecule has 0 atom stereocenters. The molecule has 0 amide bonds. The minimum Gasteiger partial charge on any atom is -0.455 e. The highest BCUT2D eigenvalue weighted by Crippen LogP contribution is 2.46. The van der Waals surface area contributed by atoms with E-state index in [2.05, 4.69) is 0 Å². The van der Waals surface area contributed by atoms with Crippen molar-refractivity contribution in [2.24, 2.45) is 0 Å². The first-order valence-electron chi connectivity index (χ1n) is 24.4. The number of benzene rings is 8. The summed E-state index contributed by atoms with van der Waals surface area (Å²) in [6.45, 7) is 0. The van der Waals surface area contributed by atoms with Crippen LogP contribution in [0.5, 0.6) is 0 Å². The number of hydrogen-bond donors (Lipinski definition) is 0. The van der Waals surface area contributed by atoms with E-state index in [-0.39, 0.29) is 33.1 Å². The Morgan fingerprint density at radius 2 is 0.953 bits per heavy atom. The quantitative estimate of drug-likeness (QED) is 0.193. The fourth-order valence-electron chi connectivity index (χ4n) is 5.42. The lowest BCUT2D eigenvalue weighted by atomic mass is 9.85. The van der Waals surface area contributed by atoms with Gasteiger partial charge in [0.05, 0.1) is 31.5 Å². The molecule has 1 nitrogen and oxygen atoms in total. The van der Waals surface area contributed by atoms with Crippen LogP contribution in [0.25, 0.3) is 87.6 Å². The zero-order valence-corrected chi connectivity index (χ0v) is 21.6. The standard InChI is InChI=1S/C42H26O/c1-2-13-30-27(11-1)12-9-19-31(30)28-23-25-29(26-24-28)40-33-15-3-5-17-35(33)41(36-18-6-4-16-34(36)40)38-21-10-20-37-32-14-7-8-22-39(32)43-42(37)38/h1-26H/i1D,2D,3D,4D,5D,6D,7D,8D,9D,11D,12D,13D,14D,15D,16D,17D,18D,19D,22D,23D,24D,25D,26D. The number of fused-ring (bicyclic) bond motifs is 6. The molecule has 0 saturated heterocycles. The van der Waals surface area contributed by atoms with Gasteiger partial charge in [-0.05, 0) is 60.6 Å². The van der Waals surface area contributed by atoms with Crippen molar-refractivity contribution in [1.82, 2.24) is 0 Å². The van der Waals surface area contributed by atoms with Crippen LogP contribution in [0.1, 0.15) is 31.5 Å². The summed E-state index contributed by atoms with van der Waals surface area (Å²) in [6, 6.07) is -14.1. The maximum absolute atomic E-state index is 9.51. The predicted octanol–water partition coefficient (Wildman–Crippen LogP) is 12.0. The van der Waals surface area contributed by atoms with Gasteiger partial charge in [0, 0.05) is 21.9 Å².